The molecule has 1 amide bonds. The standard InChI is InChI=1S/C25H27ClN2O5S/c1-18(2)33-23-9-7-19(8-10-23)16-27-25(29)17-28(21-6-4-5-20(26)15-21)34(30,31)24-13-11-22(32-3)12-14-24/h4-15,18H,16-17H2,1-3H3,(H,27,29). The SMILES string of the molecule is COc1ccc(S(=O)(=O)N(CC(=O)NCc2ccc(OC(C)C)cc2)c2cccc(Cl)c2)cc1. The fourth-order valence-electron chi connectivity index (χ4n) is 3.17. The van der Waals surface area contributed by atoms with Crippen LogP contribution in [0.1, 0.15) is 19.4 Å². The molecule has 9 heteroatoms. The summed E-state index contributed by atoms with van der Waals surface area (Å²) in [6, 6.07) is 19.7. The Morgan fingerprint density at radius 1 is 1.00 bits per heavy atom. The second kappa shape index (κ2) is 11.3. The number of ether oxygens (including phenoxy) is 2. The Hall–Kier alpha value is -3.23. The highest BCUT2D eigenvalue weighted by Crippen LogP contribution is 2.27. The summed E-state index contributed by atoms with van der Waals surface area (Å²) in [6.07, 6.45) is 0.0654. The molecule has 3 aromatic carbocycles. The van der Waals surface area contributed by atoms with Crippen LogP contribution in [0.2, 0.25) is 5.02 Å². The fraction of sp³-hybridized carbons (Fsp3) is 0.240. The van der Waals surface area contributed by atoms with Gasteiger partial charge in [0, 0.05) is 11.6 Å². The lowest BCUT2D eigenvalue weighted by Crippen LogP contribution is -2.40. The lowest BCUT2D eigenvalue weighted by Gasteiger charge is -2.24. The molecule has 3 aromatic rings. The Balaban J connectivity index is 1.78. The third kappa shape index (κ3) is 6.65. The molecule has 1 N–H and O–H groups in total. The van der Waals surface area contributed by atoms with Gasteiger partial charge >= 0.3 is 0 Å². The second-order valence-electron chi connectivity index (χ2n) is 7.75. The number of halogens is 1. The lowest BCUT2D eigenvalue weighted by atomic mass is 10.2. The van der Waals surface area contributed by atoms with Gasteiger partial charge in [-0.05, 0) is 74.0 Å². The Morgan fingerprint density at radius 2 is 1.65 bits per heavy atom. The summed E-state index contributed by atoms with van der Waals surface area (Å²) in [5, 5.41) is 3.13. The van der Waals surface area contributed by atoms with E-state index in [0.29, 0.717) is 10.8 Å². The van der Waals surface area contributed by atoms with Crippen LogP contribution in [-0.4, -0.2) is 34.1 Å². The van der Waals surface area contributed by atoms with Gasteiger partial charge in [0.1, 0.15) is 18.0 Å². The molecule has 0 unspecified atom stereocenters. The van der Waals surface area contributed by atoms with Crippen molar-refractivity contribution in [1.29, 1.82) is 0 Å². The average Bonchev–Trinajstić information content (AvgIpc) is 2.81. The molecule has 0 saturated heterocycles. The molecule has 0 radical (unpaired) electrons. The molecule has 7 nitrogen and oxygen atoms in total. The van der Waals surface area contributed by atoms with E-state index in [1.165, 1.54) is 25.3 Å². The molecule has 0 fully saturated rings. The number of carbonyl (C=O) groups is 1. The van der Waals surface area contributed by atoms with Crippen molar-refractivity contribution >= 4 is 33.2 Å². The van der Waals surface area contributed by atoms with Gasteiger partial charge in [-0.25, -0.2) is 8.42 Å². The van der Waals surface area contributed by atoms with Crippen molar-refractivity contribution in [3.63, 3.8) is 0 Å². The molecule has 0 aliphatic carbocycles. The van der Waals surface area contributed by atoms with Crippen molar-refractivity contribution in [3.05, 3.63) is 83.4 Å². The smallest absolute Gasteiger partial charge is 0.264 e. The molecule has 0 aliphatic rings. The summed E-state index contributed by atoms with van der Waals surface area (Å²) >= 11 is 6.10. The quantitative estimate of drug-likeness (QED) is 0.436. The minimum Gasteiger partial charge on any atom is -0.497 e. The van der Waals surface area contributed by atoms with Gasteiger partial charge in [-0.2, -0.15) is 0 Å². The van der Waals surface area contributed by atoms with Crippen molar-refractivity contribution in [2.24, 2.45) is 0 Å². The maximum Gasteiger partial charge on any atom is 0.264 e. The normalized spacial score (nSPS) is 11.2. The first-order chi connectivity index (χ1) is 16.2. The van der Waals surface area contributed by atoms with Crippen LogP contribution in [0, 0.1) is 0 Å². The topological polar surface area (TPSA) is 84.9 Å². The minimum absolute atomic E-state index is 0.0295. The molecular formula is C25H27ClN2O5S. The highest BCUT2D eigenvalue weighted by Gasteiger charge is 2.27. The molecule has 0 heterocycles. The van der Waals surface area contributed by atoms with Crippen molar-refractivity contribution in [1.82, 2.24) is 5.32 Å². The number of anilines is 1. The number of carbonyl (C=O) groups excluding carboxylic acids is 1. The summed E-state index contributed by atoms with van der Waals surface area (Å²) in [5.74, 6) is 0.804. The van der Waals surface area contributed by atoms with E-state index in [1.807, 2.05) is 38.1 Å². The predicted octanol–water partition coefficient (Wildman–Crippen LogP) is 4.65. The van der Waals surface area contributed by atoms with Crippen LogP contribution in [0.5, 0.6) is 11.5 Å². The Labute approximate surface area is 205 Å². The number of benzene rings is 3. The maximum atomic E-state index is 13.4. The van der Waals surface area contributed by atoms with Gasteiger partial charge in [0.2, 0.25) is 5.91 Å². The molecule has 0 spiro atoms. The first-order valence-electron chi connectivity index (χ1n) is 10.6. The number of rotatable bonds is 10. The summed E-state index contributed by atoms with van der Waals surface area (Å²) in [6.45, 7) is 3.72. The van der Waals surface area contributed by atoms with Gasteiger partial charge in [-0.1, -0.05) is 29.8 Å². The number of hydrogen-bond acceptors (Lipinski definition) is 5. The zero-order valence-corrected chi connectivity index (χ0v) is 20.8. The molecule has 34 heavy (non-hydrogen) atoms. The third-order valence-corrected chi connectivity index (χ3v) is 6.84. The number of sulfonamides is 1. The van der Waals surface area contributed by atoms with Crippen LogP contribution in [-0.2, 0) is 21.4 Å². The zero-order chi connectivity index (χ0) is 24.7. The van der Waals surface area contributed by atoms with E-state index in [2.05, 4.69) is 5.32 Å². The van der Waals surface area contributed by atoms with E-state index in [4.69, 9.17) is 21.1 Å². The Kier molecular flexibility index (Phi) is 8.41. The van der Waals surface area contributed by atoms with Crippen LogP contribution in [0.15, 0.2) is 77.7 Å². The van der Waals surface area contributed by atoms with Crippen molar-refractivity contribution in [2.45, 2.75) is 31.4 Å². The molecule has 0 aliphatic heterocycles. The Bertz CT molecular complexity index is 1210. The molecule has 0 atom stereocenters. The van der Waals surface area contributed by atoms with E-state index in [1.54, 1.807) is 30.3 Å². The summed E-state index contributed by atoms with van der Waals surface area (Å²) in [4.78, 5) is 12.8. The number of nitrogens with one attached hydrogen (secondary N) is 1. The van der Waals surface area contributed by atoms with Crippen LogP contribution in [0.3, 0.4) is 0 Å². The van der Waals surface area contributed by atoms with Gasteiger partial charge in [0.25, 0.3) is 10.0 Å². The zero-order valence-electron chi connectivity index (χ0n) is 19.2. The predicted molar refractivity (Wildman–Crippen MR) is 133 cm³/mol. The fourth-order valence-corrected chi connectivity index (χ4v) is 4.76. The van der Waals surface area contributed by atoms with E-state index >= 15 is 0 Å². The van der Waals surface area contributed by atoms with Crippen LogP contribution < -0.4 is 19.1 Å². The largest absolute Gasteiger partial charge is 0.497 e. The van der Waals surface area contributed by atoms with E-state index in [9.17, 15) is 13.2 Å². The first kappa shape index (κ1) is 25.4. The monoisotopic (exact) mass is 502 g/mol. The van der Waals surface area contributed by atoms with Gasteiger partial charge in [0.15, 0.2) is 0 Å². The molecule has 3 rings (SSSR count). The van der Waals surface area contributed by atoms with Gasteiger partial charge < -0.3 is 14.8 Å². The third-order valence-electron chi connectivity index (χ3n) is 4.82. The van der Waals surface area contributed by atoms with E-state index in [0.717, 1.165) is 15.6 Å². The average molecular weight is 503 g/mol. The minimum atomic E-state index is -4.05. The van der Waals surface area contributed by atoms with Crippen LogP contribution in [0.25, 0.3) is 0 Å². The van der Waals surface area contributed by atoms with Crippen molar-refractivity contribution < 1.29 is 22.7 Å². The summed E-state index contributed by atoms with van der Waals surface area (Å²) in [7, 11) is -2.55. The highest BCUT2D eigenvalue weighted by molar-refractivity contribution is 7.92. The molecule has 0 bridgehead atoms. The van der Waals surface area contributed by atoms with E-state index < -0.39 is 22.5 Å². The van der Waals surface area contributed by atoms with Crippen molar-refractivity contribution in [2.75, 3.05) is 18.0 Å². The molecular weight excluding hydrogens is 476 g/mol. The number of amides is 1. The van der Waals surface area contributed by atoms with Gasteiger partial charge in [-0.3, -0.25) is 9.10 Å². The van der Waals surface area contributed by atoms with Gasteiger partial charge in [0.05, 0.1) is 23.8 Å². The highest BCUT2D eigenvalue weighted by atomic mass is 35.5. The maximum absolute atomic E-state index is 13.4. The summed E-state index contributed by atoms with van der Waals surface area (Å²) < 4.78 is 38.6. The molecule has 0 saturated carbocycles. The van der Waals surface area contributed by atoms with E-state index in [-0.39, 0.29) is 23.2 Å². The second-order valence-corrected chi connectivity index (χ2v) is 10.1. The first-order valence-corrected chi connectivity index (χ1v) is 12.5. The number of hydrogen-bond donors (Lipinski definition) is 1. The van der Waals surface area contributed by atoms with Gasteiger partial charge in [-0.15, -0.1) is 0 Å². The molecule has 180 valence electrons. The summed E-state index contributed by atoms with van der Waals surface area (Å²) in [5.41, 5.74) is 1.14. The number of methoxy groups -OCH3 is 1. The van der Waals surface area contributed by atoms with Crippen LogP contribution in [0.4, 0.5) is 5.69 Å². The number of nitrogens with zero attached hydrogens (tertiary/aromatic N) is 1. The molecule has 0 aromatic heterocycles. The lowest BCUT2D eigenvalue weighted by molar-refractivity contribution is -0.119. The van der Waals surface area contributed by atoms with Crippen molar-refractivity contribution in [3.8, 4) is 11.5 Å². The van der Waals surface area contributed by atoms with Crippen LogP contribution >= 0.6 is 11.6 Å². The Morgan fingerprint density at radius 3 is 2.24 bits per heavy atom.